The van der Waals surface area contributed by atoms with Crippen LogP contribution in [0.25, 0.3) is 10.9 Å². The standard InChI is InChI=1S/C18H16N2O3/c1-11-7-8-13(9-19-11)18(22)23-10-16(21)17-12(2)20-15-6-4-3-5-14(15)17/h3-9,20H,10H2,1-2H3. The molecule has 0 unspecified atom stereocenters. The zero-order chi connectivity index (χ0) is 16.4. The molecule has 1 N–H and O–H groups in total. The van der Waals surface area contributed by atoms with Crippen LogP contribution < -0.4 is 0 Å². The van der Waals surface area contributed by atoms with E-state index in [9.17, 15) is 9.59 Å². The molecule has 0 atom stereocenters. The van der Waals surface area contributed by atoms with Gasteiger partial charge >= 0.3 is 5.97 Å². The number of ether oxygens (including phenoxy) is 1. The molecule has 0 spiro atoms. The number of esters is 1. The van der Waals surface area contributed by atoms with Crippen LogP contribution in [-0.4, -0.2) is 28.3 Å². The molecule has 5 heteroatoms. The minimum atomic E-state index is -0.552. The summed E-state index contributed by atoms with van der Waals surface area (Å²) in [4.78, 5) is 31.6. The number of carbonyl (C=O) groups is 2. The molecule has 116 valence electrons. The van der Waals surface area contributed by atoms with Gasteiger partial charge < -0.3 is 9.72 Å². The number of hydrogen-bond donors (Lipinski definition) is 1. The highest BCUT2D eigenvalue weighted by Gasteiger charge is 2.18. The van der Waals surface area contributed by atoms with Crippen molar-refractivity contribution in [3.05, 3.63) is 65.1 Å². The van der Waals surface area contributed by atoms with Crippen LogP contribution in [0.5, 0.6) is 0 Å². The van der Waals surface area contributed by atoms with Gasteiger partial charge in [0.25, 0.3) is 0 Å². The second kappa shape index (κ2) is 6.04. The summed E-state index contributed by atoms with van der Waals surface area (Å²) in [5, 5.41) is 0.836. The molecule has 0 saturated heterocycles. The Bertz CT molecular complexity index is 879. The highest BCUT2D eigenvalue weighted by molar-refractivity contribution is 6.10. The second-order valence-corrected chi connectivity index (χ2v) is 5.36. The van der Waals surface area contributed by atoms with Gasteiger partial charge in [0.2, 0.25) is 5.78 Å². The van der Waals surface area contributed by atoms with Gasteiger partial charge in [-0.2, -0.15) is 0 Å². The van der Waals surface area contributed by atoms with Crippen molar-refractivity contribution in [2.45, 2.75) is 13.8 Å². The zero-order valence-corrected chi connectivity index (χ0v) is 12.9. The fourth-order valence-corrected chi connectivity index (χ4v) is 2.51. The molecule has 0 fully saturated rings. The van der Waals surface area contributed by atoms with E-state index in [4.69, 9.17) is 4.74 Å². The lowest BCUT2D eigenvalue weighted by Crippen LogP contribution is -2.15. The molecule has 0 bridgehead atoms. The average Bonchev–Trinajstić information content (AvgIpc) is 2.88. The lowest BCUT2D eigenvalue weighted by Gasteiger charge is -2.05. The largest absolute Gasteiger partial charge is 0.454 e. The van der Waals surface area contributed by atoms with E-state index >= 15 is 0 Å². The lowest BCUT2D eigenvalue weighted by atomic mass is 10.1. The summed E-state index contributed by atoms with van der Waals surface area (Å²) >= 11 is 0. The van der Waals surface area contributed by atoms with Crippen molar-refractivity contribution in [2.75, 3.05) is 6.61 Å². The fraction of sp³-hybridized carbons (Fsp3) is 0.167. The van der Waals surface area contributed by atoms with Crippen LogP contribution in [0.1, 0.15) is 32.1 Å². The zero-order valence-electron chi connectivity index (χ0n) is 12.9. The SMILES string of the molecule is Cc1ccc(C(=O)OCC(=O)c2c(C)[nH]c3ccccc23)cn1. The molecule has 0 aliphatic heterocycles. The van der Waals surface area contributed by atoms with Gasteiger partial charge in [-0.05, 0) is 32.0 Å². The maximum atomic E-state index is 12.4. The van der Waals surface area contributed by atoms with E-state index in [2.05, 4.69) is 9.97 Å². The molecule has 2 aromatic heterocycles. The number of nitrogens with one attached hydrogen (secondary N) is 1. The summed E-state index contributed by atoms with van der Waals surface area (Å²) in [6.45, 7) is 3.37. The van der Waals surface area contributed by atoms with Crippen LogP contribution in [0.3, 0.4) is 0 Å². The third kappa shape index (κ3) is 2.99. The predicted octanol–water partition coefficient (Wildman–Crippen LogP) is 3.22. The van der Waals surface area contributed by atoms with Gasteiger partial charge in [0, 0.05) is 34.1 Å². The Hall–Kier alpha value is -2.95. The summed E-state index contributed by atoms with van der Waals surface area (Å²) in [5.74, 6) is -0.781. The Morgan fingerprint density at radius 3 is 2.65 bits per heavy atom. The second-order valence-electron chi connectivity index (χ2n) is 5.36. The van der Waals surface area contributed by atoms with Gasteiger partial charge in [-0.1, -0.05) is 18.2 Å². The number of aromatic amines is 1. The first-order chi connectivity index (χ1) is 11.1. The van der Waals surface area contributed by atoms with Crippen molar-refractivity contribution in [1.82, 2.24) is 9.97 Å². The number of nitrogens with zero attached hydrogens (tertiary/aromatic N) is 1. The van der Waals surface area contributed by atoms with E-state index in [0.29, 0.717) is 11.1 Å². The number of ketones is 1. The van der Waals surface area contributed by atoms with Crippen LogP contribution >= 0.6 is 0 Å². The summed E-state index contributed by atoms with van der Waals surface area (Å²) < 4.78 is 5.12. The van der Waals surface area contributed by atoms with E-state index in [1.165, 1.54) is 6.20 Å². The maximum absolute atomic E-state index is 12.4. The molecule has 1 aromatic carbocycles. The number of carbonyl (C=O) groups excluding carboxylic acids is 2. The summed E-state index contributed by atoms with van der Waals surface area (Å²) in [7, 11) is 0. The Morgan fingerprint density at radius 2 is 1.91 bits per heavy atom. The van der Waals surface area contributed by atoms with Gasteiger partial charge in [-0.25, -0.2) is 4.79 Å². The molecular weight excluding hydrogens is 292 g/mol. The normalized spacial score (nSPS) is 10.7. The van der Waals surface area contributed by atoms with Crippen LogP contribution in [-0.2, 0) is 4.74 Å². The highest BCUT2D eigenvalue weighted by Crippen LogP contribution is 2.22. The van der Waals surface area contributed by atoms with Gasteiger partial charge in [-0.15, -0.1) is 0 Å². The average molecular weight is 308 g/mol. The van der Waals surface area contributed by atoms with Crippen molar-refractivity contribution in [3.8, 4) is 0 Å². The molecule has 23 heavy (non-hydrogen) atoms. The molecule has 0 saturated carbocycles. The quantitative estimate of drug-likeness (QED) is 0.593. The number of pyridine rings is 1. The monoisotopic (exact) mass is 308 g/mol. The van der Waals surface area contributed by atoms with E-state index in [1.54, 1.807) is 12.1 Å². The number of H-pyrrole nitrogens is 1. The third-order valence-electron chi connectivity index (χ3n) is 3.65. The number of rotatable bonds is 4. The number of para-hydroxylation sites is 1. The minimum Gasteiger partial charge on any atom is -0.454 e. The first-order valence-electron chi connectivity index (χ1n) is 7.26. The summed E-state index contributed by atoms with van der Waals surface area (Å²) in [6, 6.07) is 10.9. The summed E-state index contributed by atoms with van der Waals surface area (Å²) in [5.41, 5.74) is 3.37. The number of benzene rings is 1. The number of Topliss-reactive ketones (excluding diaryl/α,β-unsaturated/α-hetero) is 1. The van der Waals surface area contributed by atoms with E-state index < -0.39 is 5.97 Å². The molecule has 3 aromatic rings. The smallest absolute Gasteiger partial charge is 0.340 e. The van der Waals surface area contributed by atoms with E-state index in [1.807, 2.05) is 38.1 Å². The Morgan fingerprint density at radius 1 is 1.13 bits per heavy atom. The molecule has 0 radical (unpaired) electrons. The van der Waals surface area contributed by atoms with Gasteiger partial charge in [0.15, 0.2) is 6.61 Å². The van der Waals surface area contributed by atoms with Crippen LogP contribution in [0.2, 0.25) is 0 Å². The van der Waals surface area contributed by atoms with Crippen LogP contribution in [0, 0.1) is 13.8 Å². The fourth-order valence-electron chi connectivity index (χ4n) is 2.51. The van der Waals surface area contributed by atoms with E-state index in [0.717, 1.165) is 22.3 Å². The predicted molar refractivity (Wildman–Crippen MR) is 86.6 cm³/mol. The first kappa shape index (κ1) is 15.0. The van der Waals surface area contributed by atoms with Crippen molar-refractivity contribution < 1.29 is 14.3 Å². The molecular formula is C18H16N2O3. The van der Waals surface area contributed by atoms with Crippen LogP contribution in [0.15, 0.2) is 42.6 Å². The minimum absolute atomic E-state index is 0.228. The lowest BCUT2D eigenvalue weighted by molar-refractivity contribution is 0.0474. The Kier molecular flexibility index (Phi) is 3.93. The molecule has 5 nitrogen and oxygen atoms in total. The first-order valence-corrected chi connectivity index (χ1v) is 7.26. The number of aromatic nitrogens is 2. The molecule has 3 rings (SSSR count). The third-order valence-corrected chi connectivity index (χ3v) is 3.65. The molecule has 2 heterocycles. The highest BCUT2D eigenvalue weighted by atomic mass is 16.5. The van der Waals surface area contributed by atoms with E-state index in [-0.39, 0.29) is 12.4 Å². The number of aryl methyl sites for hydroxylation is 2. The Labute approximate surface area is 133 Å². The van der Waals surface area contributed by atoms with Crippen molar-refractivity contribution in [2.24, 2.45) is 0 Å². The topological polar surface area (TPSA) is 72.1 Å². The number of hydrogen-bond acceptors (Lipinski definition) is 4. The van der Waals surface area contributed by atoms with Crippen molar-refractivity contribution in [1.29, 1.82) is 0 Å². The summed E-state index contributed by atoms with van der Waals surface area (Å²) in [6.07, 6.45) is 1.44. The van der Waals surface area contributed by atoms with Gasteiger partial charge in [-0.3, -0.25) is 9.78 Å². The maximum Gasteiger partial charge on any atom is 0.340 e. The van der Waals surface area contributed by atoms with Gasteiger partial charge in [0.05, 0.1) is 5.56 Å². The molecule has 0 aliphatic rings. The molecule has 0 amide bonds. The van der Waals surface area contributed by atoms with Crippen LogP contribution in [0.4, 0.5) is 0 Å². The van der Waals surface area contributed by atoms with Crippen molar-refractivity contribution >= 4 is 22.7 Å². The Balaban J connectivity index is 1.75. The van der Waals surface area contributed by atoms with Gasteiger partial charge in [0.1, 0.15) is 0 Å². The number of fused-ring (bicyclic) bond motifs is 1. The van der Waals surface area contributed by atoms with Crippen molar-refractivity contribution in [3.63, 3.8) is 0 Å². The molecule has 0 aliphatic carbocycles.